The van der Waals surface area contributed by atoms with Crippen LogP contribution in [-0.4, -0.2) is 82.5 Å². The number of fused-ring (bicyclic) bond motifs is 1. The first-order chi connectivity index (χ1) is 23.4. The van der Waals surface area contributed by atoms with Gasteiger partial charge in [0.05, 0.1) is 31.2 Å². The maximum atomic E-state index is 14.1. The van der Waals surface area contributed by atoms with E-state index in [1.54, 1.807) is 25.3 Å². The molecule has 3 aromatic rings. The van der Waals surface area contributed by atoms with Gasteiger partial charge in [0.25, 0.3) is 0 Å². The molecule has 0 saturated carbocycles. The molecule has 2 amide bonds. The number of hydrogen-bond acceptors (Lipinski definition) is 7. The summed E-state index contributed by atoms with van der Waals surface area (Å²) < 4.78 is 5.55. The Hall–Kier alpha value is -4.08. The summed E-state index contributed by atoms with van der Waals surface area (Å²) in [5.74, 6) is -2.14. The highest BCUT2D eigenvalue weighted by atomic mass is 16.5. The highest BCUT2D eigenvalue weighted by Crippen LogP contribution is 2.47. The van der Waals surface area contributed by atoms with Gasteiger partial charge in [-0.15, -0.1) is 0 Å². The number of likely N-dealkylation sites (tertiary alicyclic amines) is 2. The number of imide groups is 1. The number of phenols is 1. The number of hydrogen-bond donors (Lipinski definition) is 3. The molecular formula is C40H46N2O6. The highest BCUT2D eigenvalue weighted by Gasteiger charge is 2.56. The first-order valence-corrected chi connectivity index (χ1v) is 17.1. The molecule has 0 aromatic heterocycles. The van der Waals surface area contributed by atoms with Crippen LogP contribution in [0.25, 0.3) is 11.6 Å². The Morgan fingerprint density at radius 3 is 2.33 bits per heavy atom. The second-order valence-electron chi connectivity index (χ2n) is 13.3. The van der Waals surface area contributed by atoms with E-state index >= 15 is 0 Å². The van der Waals surface area contributed by atoms with Crippen LogP contribution in [0.3, 0.4) is 0 Å². The number of ether oxygens (including phenoxy) is 1. The number of aliphatic hydroxyl groups excluding tert-OH is 2. The van der Waals surface area contributed by atoms with Gasteiger partial charge in [0, 0.05) is 38.7 Å². The van der Waals surface area contributed by atoms with Gasteiger partial charge in [-0.2, -0.15) is 0 Å². The number of carbonyl (C=O) groups excluding carboxylic acids is 2. The number of benzene rings is 3. The van der Waals surface area contributed by atoms with E-state index in [1.165, 1.54) is 10.5 Å². The maximum absolute atomic E-state index is 14.1. The minimum absolute atomic E-state index is 0.160. The van der Waals surface area contributed by atoms with Crippen LogP contribution in [0.1, 0.15) is 48.8 Å². The minimum Gasteiger partial charge on any atom is -0.508 e. The van der Waals surface area contributed by atoms with Crippen molar-refractivity contribution < 1.29 is 29.6 Å². The molecule has 3 N–H and O–H groups in total. The fourth-order valence-electron chi connectivity index (χ4n) is 8.04. The third-order valence-electron chi connectivity index (χ3n) is 10.3. The number of piperidine rings is 1. The predicted octanol–water partition coefficient (Wildman–Crippen LogP) is 5.29. The average molecular weight is 651 g/mol. The Balaban J connectivity index is 1.19. The Bertz CT molecular complexity index is 1630. The van der Waals surface area contributed by atoms with Crippen molar-refractivity contribution in [3.63, 3.8) is 0 Å². The zero-order chi connectivity index (χ0) is 33.6. The second kappa shape index (κ2) is 15.4. The molecule has 8 heteroatoms. The van der Waals surface area contributed by atoms with Crippen molar-refractivity contribution in [1.82, 2.24) is 9.80 Å². The van der Waals surface area contributed by atoms with Crippen LogP contribution in [0.4, 0.5) is 0 Å². The first-order valence-electron chi connectivity index (χ1n) is 17.1. The summed E-state index contributed by atoms with van der Waals surface area (Å²) in [4.78, 5) is 31.9. The molecule has 2 saturated heterocycles. The molecule has 2 heterocycles. The number of aromatic hydroxyl groups is 1. The van der Waals surface area contributed by atoms with Crippen molar-refractivity contribution in [3.05, 3.63) is 113 Å². The average Bonchev–Trinajstić information content (AvgIpc) is 3.35. The molecule has 1 aliphatic carbocycles. The Morgan fingerprint density at radius 1 is 0.958 bits per heavy atom. The normalized spacial score (nSPS) is 23.1. The zero-order valence-electron chi connectivity index (χ0n) is 27.6. The molecule has 3 aromatic carbocycles. The number of methoxy groups -OCH3 is 1. The first kappa shape index (κ1) is 33.8. The fraction of sp³-hybridized carbons (Fsp3) is 0.400. The highest BCUT2D eigenvalue weighted by molar-refractivity contribution is 6.06. The summed E-state index contributed by atoms with van der Waals surface area (Å²) in [5.41, 5.74) is 5.51. The summed E-state index contributed by atoms with van der Waals surface area (Å²) in [7, 11) is 1.58. The molecule has 2 fully saturated rings. The summed E-state index contributed by atoms with van der Waals surface area (Å²) >= 11 is 0. The van der Waals surface area contributed by atoms with Crippen molar-refractivity contribution in [2.45, 2.75) is 50.8 Å². The summed E-state index contributed by atoms with van der Waals surface area (Å²) in [6.45, 7) is 2.32. The van der Waals surface area contributed by atoms with E-state index in [1.807, 2.05) is 60.7 Å². The Morgan fingerprint density at radius 2 is 1.67 bits per heavy atom. The van der Waals surface area contributed by atoms with Crippen molar-refractivity contribution in [3.8, 4) is 5.75 Å². The molecule has 0 radical (unpaired) electrons. The summed E-state index contributed by atoms with van der Waals surface area (Å²) in [6.07, 6.45) is 3.70. The van der Waals surface area contributed by atoms with Crippen LogP contribution in [0.2, 0.25) is 0 Å². The van der Waals surface area contributed by atoms with E-state index in [9.17, 15) is 24.9 Å². The molecule has 2 aliphatic heterocycles. The van der Waals surface area contributed by atoms with Crippen LogP contribution in [0, 0.1) is 17.8 Å². The molecule has 8 nitrogen and oxygen atoms in total. The number of allylic oxidation sites excluding steroid dienone is 1. The number of nitrogens with zero attached hydrogens (tertiary/aromatic N) is 2. The zero-order valence-corrected chi connectivity index (χ0v) is 27.6. The Labute approximate surface area is 283 Å². The van der Waals surface area contributed by atoms with Crippen LogP contribution in [0.15, 0.2) is 96.1 Å². The molecule has 3 aliphatic rings. The van der Waals surface area contributed by atoms with Gasteiger partial charge in [-0.05, 0) is 77.6 Å². The summed E-state index contributed by atoms with van der Waals surface area (Å²) in [6, 6.07) is 27.1. The lowest BCUT2D eigenvalue weighted by molar-refractivity contribution is -0.144. The lowest BCUT2D eigenvalue weighted by atomic mass is 9.68. The molecular weight excluding hydrogens is 604 g/mol. The van der Waals surface area contributed by atoms with E-state index in [2.05, 4.69) is 17.0 Å². The molecule has 48 heavy (non-hydrogen) atoms. The van der Waals surface area contributed by atoms with E-state index < -0.39 is 23.9 Å². The third kappa shape index (κ3) is 7.32. The maximum Gasteiger partial charge on any atom is 0.234 e. The molecule has 0 unspecified atom stereocenters. The molecule has 4 atom stereocenters. The van der Waals surface area contributed by atoms with Gasteiger partial charge in [0.1, 0.15) is 5.75 Å². The second-order valence-corrected chi connectivity index (χ2v) is 13.3. The lowest BCUT2D eigenvalue weighted by Gasteiger charge is -2.37. The lowest BCUT2D eigenvalue weighted by Crippen LogP contribution is -2.47. The minimum atomic E-state index is -0.942. The van der Waals surface area contributed by atoms with Crippen molar-refractivity contribution >= 4 is 23.5 Å². The molecule has 0 spiro atoms. The van der Waals surface area contributed by atoms with E-state index in [-0.39, 0.29) is 36.8 Å². The number of aliphatic hydroxyl groups is 2. The number of phenolic OH excluding ortho intramolecular Hbond substituents is 1. The predicted molar refractivity (Wildman–Crippen MR) is 185 cm³/mol. The number of amides is 2. The van der Waals surface area contributed by atoms with Gasteiger partial charge in [-0.1, -0.05) is 78.9 Å². The largest absolute Gasteiger partial charge is 0.508 e. The van der Waals surface area contributed by atoms with Crippen molar-refractivity contribution in [1.29, 1.82) is 0 Å². The van der Waals surface area contributed by atoms with E-state index in [0.717, 1.165) is 54.7 Å². The van der Waals surface area contributed by atoms with E-state index in [0.29, 0.717) is 24.8 Å². The standard InChI is InChI=1S/C40H46N2O6/c1-48-26-31-23-34-38(40(47)42(39(34)46)32-17-19-41(20-18-32)24-27-9-4-2-5-10-27)35(25-43)37(31)36(45)16-15-30(29-12-6-3-7-13-29)21-28-11-8-14-33(44)22-28/h2-14,21-22,32,34-36,38,43-45H,15-20,23-26H2,1H3/b30-21-/t34-,35+,36-,38-/m1/s1. The van der Waals surface area contributed by atoms with Gasteiger partial charge in [-0.3, -0.25) is 19.4 Å². The van der Waals surface area contributed by atoms with Gasteiger partial charge >= 0.3 is 0 Å². The molecule has 0 bridgehead atoms. The monoisotopic (exact) mass is 650 g/mol. The van der Waals surface area contributed by atoms with Gasteiger partial charge in [0.15, 0.2) is 0 Å². The van der Waals surface area contributed by atoms with Crippen LogP contribution >= 0.6 is 0 Å². The SMILES string of the molecule is COCC1=C([C@H](O)CC/C(=C/c2cccc(O)c2)c2ccccc2)[C@H](CO)[C@@H]2C(=O)N(C3CCN(Cc4ccccc4)CC3)C(=O)[C@@H]2C1. The number of carbonyl (C=O) groups is 2. The Kier molecular flexibility index (Phi) is 10.9. The van der Waals surface area contributed by atoms with E-state index in [4.69, 9.17) is 4.74 Å². The topological polar surface area (TPSA) is 111 Å². The van der Waals surface area contributed by atoms with Crippen LogP contribution in [0.5, 0.6) is 5.75 Å². The number of rotatable bonds is 12. The van der Waals surface area contributed by atoms with Crippen LogP contribution in [-0.2, 0) is 20.9 Å². The van der Waals surface area contributed by atoms with Crippen molar-refractivity contribution in [2.24, 2.45) is 17.8 Å². The quantitative estimate of drug-likeness (QED) is 0.139. The third-order valence-corrected chi connectivity index (χ3v) is 10.3. The van der Waals surface area contributed by atoms with Crippen LogP contribution < -0.4 is 0 Å². The summed E-state index contributed by atoms with van der Waals surface area (Å²) in [5, 5.41) is 32.6. The smallest absolute Gasteiger partial charge is 0.234 e. The van der Waals surface area contributed by atoms with Gasteiger partial charge in [-0.25, -0.2) is 0 Å². The van der Waals surface area contributed by atoms with Gasteiger partial charge < -0.3 is 20.1 Å². The molecule has 6 rings (SSSR count). The molecule has 252 valence electrons. The van der Waals surface area contributed by atoms with Gasteiger partial charge in [0.2, 0.25) is 11.8 Å². The van der Waals surface area contributed by atoms with Crippen molar-refractivity contribution in [2.75, 3.05) is 33.4 Å². The fourth-order valence-corrected chi connectivity index (χ4v) is 8.04.